The monoisotopic (exact) mass is 264 g/mol. The molecular weight excluding hydrogens is 244 g/mol. The topological polar surface area (TPSA) is 59.6 Å². The van der Waals surface area contributed by atoms with Gasteiger partial charge in [0, 0.05) is 18.3 Å². The normalized spacial score (nSPS) is 18.7. The van der Waals surface area contributed by atoms with Crippen molar-refractivity contribution in [3.8, 4) is 11.5 Å². The maximum atomic E-state index is 12.1. The van der Waals surface area contributed by atoms with Crippen molar-refractivity contribution in [1.82, 2.24) is 5.32 Å². The summed E-state index contributed by atoms with van der Waals surface area (Å²) in [6.07, 6.45) is 1.98. The van der Waals surface area contributed by atoms with Crippen LogP contribution in [0.2, 0.25) is 0 Å². The molecule has 19 heavy (non-hydrogen) atoms. The van der Waals surface area contributed by atoms with E-state index in [1.165, 1.54) is 0 Å². The number of carbonyl (C=O) groups excluding carboxylic acids is 1. The average molecular weight is 264 g/mol. The number of ether oxygens (including phenoxy) is 2. The first-order valence-electron chi connectivity index (χ1n) is 6.48. The Kier molecular flexibility index (Phi) is 4.63. The molecule has 1 unspecified atom stereocenters. The number of piperidine rings is 1. The molecule has 0 bridgehead atoms. The van der Waals surface area contributed by atoms with Crippen LogP contribution in [0.1, 0.15) is 12.8 Å². The van der Waals surface area contributed by atoms with Crippen molar-refractivity contribution in [1.29, 1.82) is 0 Å². The van der Waals surface area contributed by atoms with Crippen molar-refractivity contribution in [2.75, 3.05) is 32.6 Å². The van der Waals surface area contributed by atoms with Crippen molar-refractivity contribution in [2.24, 2.45) is 5.92 Å². The summed E-state index contributed by atoms with van der Waals surface area (Å²) in [4.78, 5) is 12.1. The van der Waals surface area contributed by atoms with Gasteiger partial charge in [-0.05, 0) is 31.5 Å². The van der Waals surface area contributed by atoms with Gasteiger partial charge in [-0.15, -0.1) is 0 Å². The highest BCUT2D eigenvalue weighted by Crippen LogP contribution is 2.30. The van der Waals surface area contributed by atoms with E-state index in [1.807, 2.05) is 6.07 Å². The SMILES string of the molecule is COc1ccc(NC(=O)C2CCCNC2)cc1OC. The van der Waals surface area contributed by atoms with Crippen molar-refractivity contribution < 1.29 is 14.3 Å². The highest BCUT2D eigenvalue weighted by Gasteiger charge is 2.21. The fourth-order valence-electron chi connectivity index (χ4n) is 2.23. The molecule has 5 heteroatoms. The van der Waals surface area contributed by atoms with Crippen LogP contribution in [-0.4, -0.2) is 33.2 Å². The Bertz CT molecular complexity index is 442. The second kappa shape index (κ2) is 6.43. The Balaban J connectivity index is 2.03. The smallest absolute Gasteiger partial charge is 0.228 e. The zero-order valence-electron chi connectivity index (χ0n) is 11.4. The third-order valence-electron chi connectivity index (χ3n) is 3.32. The quantitative estimate of drug-likeness (QED) is 0.868. The fraction of sp³-hybridized carbons (Fsp3) is 0.500. The highest BCUT2D eigenvalue weighted by molar-refractivity contribution is 5.93. The number of amides is 1. The number of carbonyl (C=O) groups is 1. The summed E-state index contributed by atoms with van der Waals surface area (Å²) in [6, 6.07) is 5.37. The molecule has 1 amide bonds. The summed E-state index contributed by atoms with van der Waals surface area (Å²) in [6.45, 7) is 1.75. The molecule has 2 rings (SSSR count). The lowest BCUT2D eigenvalue weighted by Gasteiger charge is -2.22. The van der Waals surface area contributed by atoms with Gasteiger partial charge in [-0.2, -0.15) is 0 Å². The minimum absolute atomic E-state index is 0.0434. The van der Waals surface area contributed by atoms with Gasteiger partial charge >= 0.3 is 0 Å². The Morgan fingerprint density at radius 2 is 2.11 bits per heavy atom. The number of rotatable bonds is 4. The van der Waals surface area contributed by atoms with Crippen LogP contribution in [0.5, 0.6) is 11.5 Å². The minimum Gasteiger partial charge on any atom is -0.493 e. The number of benzene rings is 1. The van der Waals surface area contributed by atoms with Crippen LogP contribution >= 0.6 is 0 Å². The van der Waals surface area contributed by atoms with Crippen molar-refractivity contribution >= 4 is 11.6 Å². The molecule has 0 spiro atoms. The van der Waals surface area contributed by atoms with E-state index in [2.05, 4.69) is 10.6 Å². The third-order valence-corrected chi connectivity index (χ3v) is 3.32. The summed E-state index contributed by atoms with van der Waals surface area (Å²) in [5, 5.41) is 6.16. The summed E-state index contributed by atoms with van der Waals surface area (Å²) in [7, 11) is 3.16. The summed E-state index contributed by atoms with van der Waals surface area (Å²) >= 11 is 0. The molecule has 0 saturated carbocycles. The lowest BCUT2D eigenvalue weighted by molar-refractivity contribution is -0.120. The van der Waals surface area contributed by atoms with Gasteiger partial charge in [-0.3, -0.25) is 4.79 Å². The van der Waals surface area contributed by atoms with Gasteiger partial charge in [0.15, 0.2) is 11.5 Å². The second-order valence-electron chi connectivity index (χ2n) is 4.60. The maximum Gasteiger partial charge on any atom is 0.228 e. The van der Waals surface area contributed by atoms with E-state index in [4.69, 9.17) is 9.47 Å². The first kappa shape index (κ1) is 13.7. The first-order valence-corrected chi connectivity index (χ1v) is 6.48. The molecule has 0 aromatic heterocycles. The molecule has 2 N–H and O–H groups in total. The summed E-state index contributed by atoms with van der Waals surface area (Å²) in [5.74, 6) is 1.36. The molecule has 1 aliphatic heterocycles. The standard InChI is InChI=1S/C14H20N2O3/c1-18-12-6-5-11(8-13(12)19-2)16-14(17)10-4-3-7-15-9-10/h5-6,8,10,15H,3-4,7,9H2,1-2H3,(H,16,17). The lowest BCUT2D eigenvalue weighted by Crippen LogP contribution is -2.37. The molecule has 1 aromatic carbocycles. The molecule has 1 aliphatic rings. The maximum absolute atomic E-state index is 12.1. The molecule has 1 fully saturated rings. The van der Waals surface area contributed by atoms with E-state index in [1.54, 1.807) is 26.4 Å². The highest BCUT2D eigenvalue weighted by atomic mass is 16.5. The van der Waals surface area contributed by atoms with Crippen LogP contribution in [-0.2, 0) is 4.79 Å². The van der Waals surface area contributed by atoms with Gasteiger partial charge in [-0.25, -0.2) is 0 Å². The number of anilines is 1. The lowest BCUT2D eigenvalue weighted by atomic mass is 9.99. The Hall–Kier alpha value is -1.75. The molecular formula is C14H20N2O3. The summed E-state index contributed by atoms with van der Waals surface area (Å²) in [5.41, 5.74) is 0.730. The van der Waals surface area contributed by atoms with E-state index in [0.717, 1.165) is 31.6 Å². The van der Waals surface area contributed by atoms with Gasteiger partial charge in [0.25, 0.3) is 0 Å². The predicted molar refractivity (Wildman–Crippen MR) is 73.8 cm³/mol. The van der Waals surface area contributed by atoms with Crippen molar-refractivity contribution in [2.45, 2.75) is 12.8 Å². The minimum atomic E-state index is 0.0434. The third kappa shape index (κ3) is 3.38. The molecule has 1 aromatic rings. The number of methoxy groups -OCH3 is 2. The van der Waals surface area contributed by atoms with Crippen molar-refractivity contribution in [3.63, 3.8) is 0 Å². The van der Waals surface area contributed by atoms with Gasteiger partial charge in [0.05, 0.1) is 20.1 Å². The average Bonchev–Trinajstić information content (AvgIpc) is 2.48. The largest absolute Gasteiger partial charge is 0.493 e. The number of hydrogen-bond acceptors (Lipinski definition) is 4. The van der Waals surface area contributed by atoms with Crippen molar-refractivity contribution in [3.05, 3.63) is 18.2 Å². The molecule has 5 nitrogen and oxygen atoms in total. The van der Waals surface area contributed by atoms with E-state index < -0.39 is 0 Å². The molecule has 0 radical (unpaired) electrons. The van der Waals surface area contributed by atoms with Gasteiger partial charge < -0.3 is 20.1 Å². The molecule has 0 aliphatic carbocycles. The molecule has 104 valence electrons. The van der Waals surface area contributed by atoms with E-state index in [0.29, 0.717) is 11.5 Å². The van der Waals surface area contributed by atoms with E-state index >= 15 is 0 Å². The van der Waals surface area contributed by atoms with E-state index in [9.17, 15) is 4.79 Å². The van der Waals surface area contributed by atoms with Gasteiger partial charge in [0.2, 0.25) is 5.91 Å². The van der Waals surface area contributed by atoms with Crippen LogP contribution < -0.4 is 20.1 Å². The van der Waals surface area contributed by atoms with Gasteiger partial charge in [0.1, 0.15) is 0 Å². The van der Waals surface area contributed by atoms with Crippen LogP contribution in [0.3, 0.4) is 0 Å². The molecule has 1 heterocycles. The Labute approximate surface area is 113 Å². The van der Waals surface area contributed by atoms with Crippen LogP contribution in [0.15, 0.2) is 18.2 Å². The van der Waals surface area contributed by atoms with Gasteiger partial charge in [-0.1, -0.05) is 0 Å². The number of hydrogen-bond donors (Lipinski definition) is 2. The Morgan fingerprint density at radius 1 is 1.32 bits per heavy atom. The zero-order chi connectivity index (χ0) is 13.7. The molecule has 1 atom stereocenters. The first-order chi connectivity index (χ1) is 9.24. The predicted octanol–water partition coefficient (Wildman–Crippen LogP) is 1.64. The second-order valence-corrected chi connectivity index (χ2v) is 4.60. The van der Waals surface area contributed by atoms with Crippen LogP contribution in [0, 0.1) is 5.92 Å². The summed E-state index contributed by atoms with van der Waals surface area (Å²) < 4.78 is 10.4. The zero-order valence-corrected chi connectivity index (χ0v) is 11.4. The van der Waals surface area contributed by atoms with E-state index in [-0.39, 0.29) is 11.8 Å². The fourth-order valence-corrected chi connectivity index (χ4v) is 2.23. The van der Waals surface area contributed by atoms with Crippen LogP contribution in [0.25, 0.3) is 0 Å². The van der Waals surface area contributed by atoms with Crippen LogP contribution in [0.4, 0.5) is 5.69 Å². The molecule has 1 saturated heterocycles. The Morgan fingerprint density at radius 3 is 2.74 bits per heavy atom. The number of nitrogens with one attached hydrogen (secondary N) is 2.